The molecule has 1 heterocycles. The van der Waals surface area contributed by atoms with Crippen LogP contribution in [0.5, 0.6) is 0 Å². The largest absolute Gasteiger partial charge is 0.339 e. The van der Waals surface area contributed by atoms with Crippen LogP contribution >= 0.6 is 15.9 Å². The lowest BCUT2D eigenvalue weighted by molar-refractivity contribution is 0.680. The zero-order valence-electron chi connectivity index (χ0n) is 7.94. The zero-order valence-corrected chi connectivity index (χ0v) is 9.53. The van der Waals surface area contributed by atoms with Crippen LogP contribution in [0.1, 0.15) is 13.3 Å². The number of aryl methyl sites for hydroxylation is 1. The number of alkyl halides is 1. The number of nitrogens with zero attached hydrogens (tertiary/aromatic N) is 5. The molecule has 6 heteroatoms. The highest BCUT2D eigenvalue weighted by atomic mass is 79.9. The molecule has 0 N–H and O–H groups in total. The van der Waals surface area contributed by atoms with Gasteiger partial charge in [0.1, 0.15) is 0 Å². The Hall–Kier alpha value is -0.650. The smallest absolute Gasteiger partial charge is 0.245 e. The van der Waals surface area contributed by atoms with E-state index in [0.717, 1.165) is 30.8 Å². The minimum atomic E-state index is 0.835. The van der Waals surface area contributed by atoms with Gasteiger partial charge in [-0.05, 0) is 16.8 Å². The highest BCUT2D eigenvalue weighted by molar-refractivity contribution is 9.09. The van der Waals surface area contributed by atoms with Gasteiger partial charge in [-0.15, -0.1) is 0 Å². The van der Waals surface area contributed by atoms with Crippen LogP contribution in [0.3, 0.4) is 0 Å². The summed E-state index contributed by atoms with van der Waals surface area (Å²) in [6.07, 6.45) is 1.10. The van der Waals surface area contributed by atoms with Crippen molar-refractivity contribution in [1.82, 2.24) is 20.2 Å². The molecule has 0 aliphatic rings. The van der Waals surface area contributed by atoms with E-state index in [1.54, 1.807) is 4.68 Å². The Bertz CT molecular complexity index is 243. The molecule has 1 aromatic rings. The standard InChI is InChI=1S/C7H14BrN5/c1-3-5-13(6-4-8)7-9-10-11-12(7)2/h3-6H2,1-2H3. The average molecular weight is 248 g/mol. The number of hydrogen-bond donors (Lipinski definition) is 0. The van der Waals surface area contributed by atoms with Crippen molar-refractivity contribution >= 4 is 21.9 Å². The summed E-state index contributed by atoms with van der Waals surface area (Å²) < 4.78 is 1.69. The average Bonchev–Trinajstić information content (AvgIpc) is 2.51. The van der Waals surface area contributed by atoms with Gasteiger partial charge in [-0.1, -0.05) is 28.0 Å². The molecule has 0 saturated heterocycles. The second-order valence-electron chi connectivity index (χ2n) is 2.78. The highest BCUT2D eigenvalue weighted by Gasteiger charge is 2.10. The third kappa shape index (κ3) is 2.65. The van der Waals surface area contributed by atoms with Crippen molar-refractivity contribution < 1.29 is 0 Å². The Balaban J connectivity index is 2.69. The van der Waals surface area contributed by atoms with Gasteiger partial charge in [0.15, 0.2) is 0 Å². The lowest BCUT2D eigenvalue weighted by atomic mass is 10.4. The van der Waals surface area contributed by atoms with Crippen LogP contribution in [0.2, 0.25) is 0 Å². The maximum atomic E-state index is 3.96. The van der Waals surface area contributed by atoms with E-state index in [2.05, 4.69) is 43.3 Å². The second kappa shape index (κ2) is 5.16. The molecule has 1 aromatic heterocycles. The maximum absolute atomic E-state index is 3.96. The Morgan fingerprint density at radius 1 is 1.46 bits per heavy atom. The van der Waals surface area contributed by atoms with Crippen LogP contribution in [0, 0.1) is 0 Å². The fraction of sp³-hybridized carbons (Fsp3) is 0.857. The first-order valence-corrected chi connectivity index (χ1v) is 5.45. The Morgan fingerprint density at radius 3 is 2.69 bits per heavy atom. The van der Waals surface area contributed by atoms with Gasteiger partial charge >= 0.3 is 0 Å². The number of tetrazole rings is 1. The summed E-state index contributed by atoms with van der Waals surface area (Å²) in [7, 11) is 1.85. The van der Waals surface area contributed by atoms with E-state index in [4.69, 9.17) is 0 Å². The monoisotopic (exact) mass is 247 g/mol. The Labute approximate surface area is 86.2 Å². The van der Waals surface area contributed by atoms with Crippen molar-refractivity contribution in [2.24, 2.45) is 7.05 Å². The summed E-state index contributed by atoms with van der Waals surface area (Å²) in [4.78, 5) is 2.16. The molecule has 1 rings (SSSR count). The quantitative estimate of drug-likeness (QED) is 0.724. The first-order chi connectivity index (χ1) is 6.29. The van der Waals surface area contributed by atoms with E-state index in [1.807, 2.05) is 7.05 Å². The Morgan fingerprint density at radius 2 is 2.23 bits per heavy atom. The summed E-state index contributed by atoms with van der Waals surface area (Å²) in [5.41, 5.74) is 0. The Kier molecular flexibility index (Phi) is 4.14. The van der Waals surface area contributed by atoms with Gasteiger partial charge in [-0.3, -0.25) is 0 Å². The minimum absolute atomic E-state index is 0.835. The molecule has 5 nitrogen and oxygen atoms in total. The van der Waals surface area contributed by atoms with E-state index < -0.39 is 0 Å². The van der Waals surface area contributed by atoms with Gasteiger partial charge in [0.05, 0.1) is 0 Å². The molecule has 0 saturated carbocycles. The molecular weight excluding hydrogens is 234 g/mol. The van der Waals surface area contributed by atoms with Gasteiger partial charge in [-0.25, -0.2) is 4.68 Å². The number of hydrogen-bond acceptors (Lipinski definition) is 4. The van der Waals surface area contributed by atoms with E-state index in [9.17, 15) is 0 Å². The van der Waals surface area contributed by atoms with E-state index in [0.29, 0.717) is 0 Å². The van der Waals surface area contributed by atoms with Gasteiger partial charge in [0, 0.05) is 25.5 Å². The third-order valence-corrected chi connectivity index (χ3v) is 2.08. The summed E-state index contributed by atoms with van der Waals surface area (Å²) in [6, 6.07) is 0. The topological polar surface area (TPSA) is 46.8 Å². The van der Waals surface area contributed by atoms with Crippen molar-refractivity contribution in [2.75, 3.05) is 23.3 Å². The second-order valence-corrected chi connectivity index (χ2v) is 3.57. The van der Waals surface area contributed by atoms with Crippen LogP contribution in [-0.4, -0.2) is 38.6 Å². The summed E-state index contributed by atoms with van der Waals surface area (Å²) in [5.74, 6) is 0.835. The molecule has 0 aromatic carbocycles. The maximum Gasteiger partial charge on any atom is 0.245 e. The van der Waals surface area contributed by atoms with Gasteiger partial charge in [-0.2, -0.15) is 0 Å². The van der Waals surface area contributed by atoms with Crippen molar-refractivity contribution in [3.05, 3.63) is 0 Å². The fourth-order valence-electron chi connectivity index (χ4n) is 1.18. The van der Waals surface area contributed by atoms with Crippen LogP contribution in [0.25, 0.3) is 0 Å². The van der Waals surface area contributed by atoms with Gasteiger partial charge in [0.2, 0.25) is 5.95 Å². The first kappa shape index (κ1) is 10.4. The minimum Gasteiger partial charge on any atom is -0.339 e. The predicted octanol–water partition coefficient (Wildman–Crippen LogP) is 0.821. The van der Waals surface area contributed by atoms with Crippen LogP contribution in [0.4, 0.5) is 5.95 Å². The van der Waals surface area contributed by atoms with Crippen molar-refractivity contribution in [3.63, 3.8) is 0 Å². The first-order valence-electron chi connectivity index (χ1n) is 4.32. The molecule has 0 bridgehead atoms. The van der Waals surface area contributed by atoms with Gasteiger partial charge in [0.25, 0.3) is 0 Å². The molecule has 13 heavy (non-hydrogen) atoms. The molecule has 74 valence electrons. The zero-order chi connectivity index (χ0) is 9.68. The molecule has 0 fully saturated rings. The lowest BCUT2D eigenvalue weighted by Crippen LogP contribution is -2.28. The predicted molar refractivity (Wildman–Crippen MR) is 55.1 cm³/mol. The summed E-state index contributed by atoms with van der Waals surface area (Å²) in [5, 5.41) is 12.3. The third-order valence-electron chi connectivity index (χ3n) is 1.73. The molecule has 0 atom stereocenters. The summed E-state index contributed by atoms with van der Waals surface area (Å²) in [6.45, 7) is 4.06. The lowest BCUT2D eigenvalue weighted by Gasteiger charge is -2.19. The van der Waals surface area contributed by atoms with E-state index in [1.165, 1.54) is 0 Å². The number of halogens is 1. The number of aromatic nitrogens is 4. The molecule has 0 aliphatic carbocycles. The normalized spacial score (nSPS) is 10.4. The van der Waals surface area contributed by atoms with Crippen LogP contribution in [0.15, 0.2) is 0 Å². The molecule has 0 radical (unpaired) electrons. The number of rotatable bonds is 5. The molecule has 0 unspecified atom stereocenters. The number of anilines is 1. The SMILES string of the molecule is CCCN(CCBr)c1nnnn1C. The van der Waals surface area contributed by atoms with E-state index >= 15 is 0 Å². The van der Waals surface area contributed by atoms with Crippen LogP contribution in [-0.2, 0) is 7.05 Å². The molecule has 0 aliphatic heterocycles. The van der Waals surface area contributed by atoms with Gasteiger partial charge < -0.3 is 4.90 Å². The highest BCUT2D eigenvalue weighted by Crippen LogP contribution is 2.07. The van der Waals surface area contributed by atoms with Crippen molar-refractivity contribution in [3.8, 4) is 0 Å². The fourth-order valence-corrected chi connectivity index (χ4v) is 1.60. The van der Waals surface area contributed by atoms with Crippen molar-refractivity contribution in [2.45, 2.75) is 13.3 Å². The van der Waals surface area contributed by atoms with Crippen LogP contribution < -0.4 is 4.90 Å². The molecule has 0 spiro atoms. The summed E-state index contributed by atoms with van der Waals surface area (Å²) >= 11 is 3.41. The molecule has 0 amide bonds. The van der Waals surface area contributed by atoms with E-state index in [-0.39, 0.29) is 0 Å². The molecular formula is C7H14BrN5. The van der Waals surface area contributed by atoms with Crippen molar-refractivity contribution in [1.29, 1.82) is 0 Å².